The van der Waals surface area contributed by atoms with Crippen molar-refractivity contribution in [3.05, 3.63) is 64.7 Å². The molecule has 118 valence electrons. The molecule has 2 N–H and O–H groups in total. The van der Waals surface area contributed by atoms with Gasteiger partial charge in [0.1, 0.15) is 5.69 Å². The summed E-state index contributed by atoms with van der Waals surface area (Å²) in [6.45, 7) is 6.68. The lowest BCUT2D eigenvalue weighted by Gasteiger charge is -2.19. The molecule has 0 fully saturated rings. The normalized spacial score (nSPS) is 11.6. The van der Waals surface area contributed by atoms with Crippen LogP contribution >= 0.6 is 11.3 Å². The Kier molecular flexibility index (Phi) is 4.18. The molecule has 23 heavy (non-hydrogen) atoms. The van der Waals surface area contributed by atoms with Crippen molar-refractivity contribution in [3.63, 3.8) is 0 Å². The molecule has 0 bridgehead atoms. The van der Waals surface area contributed by atoms with Gasteiger partial charge in [0.15, 0.2) is 5.13 Å². The van der Waals surface area contributed by atoms with Gasteiger partial charge in [-0.25, -0.2) is 4.98 Å². The molecular formula is C19H21N3S. The lowest BCUT2D eigenvalue weighted by Crippen LogP contribution is -2.10. The Morgan fingerprint density at radius 1 is 1.04 bits per heavy atom. The number of thiazole rings is 1. The smallest absolute Gasteiger partial charge is 0.180 e. The van der Waals surface area contributed by atoms with E-state index in [2.05, 4.69) is 55.0 Å². The van der Waals surface area contributed by atoms with Crippen LogP contribution < -0.4 is 5.73 Å². The Balaban J connectivity index is 1.89. The average Bonchev–Trinajstić information content (AvgIpc) is 2.88. The van der Waals surface area contributed by atoms with E-state index in [1.165, 1.54) is 11.1 Å². The highest BCUT2D eigenvalue weighted by Crippen LogP contribution is 2.31. The van der Waals surface area contributed by atoms with Gasteiger partial charge in [-0.3, -0.25) is 4.98 Å². The summed E-state index contributed by atoms with van der Waals surface area (Å²) in [7, 11) is 0. The van der Waals surface area contributed by atoms with Crippen LogP contribution in [0.5, 0.6) is 0 Å². The molecule has 0 spiro atoms. The highest BCUT2D eigenvalue weighted by Gasteiger charge is 2.15. The maximum absolute atomic E-state index is 5.93. The molecule has 0 atom stereocenters. The first kappa shape index (κ1) is 15.7. The van der Waals surface area contributed by atoms with E-state index < -0.39 is 0 Å². The molecule has 3 aromatic rings. The van der Waals surface area contributed by atoms with Gasteiger partial charge in [0.25, 0.3) is 0 Å². The van der Waals surface area contributed by atoms with Crippen molar-refractivity contribution in [3.8, 4) is 11.4 Å². The second-order valence-electron chi connectivity index (χ2n) is 6.66. The number of nitrogen functional groups attached to an aromatic ring is 1. The van der Waals surface area contributed by atoms with E-state index in [1.54, 1.807) is 17.5 Å². The number of rotatable bonds is 3. The minimum absolute atomic E-state index is 0.173. The minimum atomic E-state index is 0.173. The molecule has 0 radical (unpaired) electrons. The van der Waals surface area contributed by atoms with Crippen LogP contribution in [0.15, 0.2) is 48.7 Å². The van der Waals surface area contributed by atoms with Gasteiger partial charge < -0.3 is 5.73 Å². The van der Waals surface area contributed by atoms with Gasteiger partial charge in [0, 0.05) is 17.5 Å². The number of hydrogen-bond acceptors (Lipinski definition) is 4. The summed E-state index contributed by atoms with van der Waals surface area (Å²) in [5, 5.41) is 0.590. The van der Waals surface area contributed by atoms with Gasteiger partial charge in [0.05, 0.1) is 5.69 Å². The summed E-state index contributed by atoms with van der Waals surface area (Å²) in [6.07, 6.45) is 2.61. The maximum Gasteiger partial charge on any atom is 0.180 e. The van der Waals surface area contributed by atoms with Gasteiger partial charge >= 0.3 is 0 Å². The summed E-state index contributed by atoms with van der Waals surface area (Å²) in [4.78, 5) is 10.0. The summed E-state index contributed by atoms with van der Waals surface area (Å²) >= 11 is 1.54. The highest BCUT2D eigenvalue weighted by atomic mass is 32.1. The number of benzene rings is 1. The Bertz CT molecular complexity index is 784. The lowest BCUT2D eigenvalue weighted by atomic mass is 9.86. The molecule has 0 saturated heterocycles. The lowest BCUT2D eigenvalue weighted by molar-refractivity contribution is 0.590. The van der Waals surface area contributed by atoms with Crippen LogP contribution in [0.3, 0.4) is 0 Å². The summed E-state index contributed by atoms with van der Waals surface area (Å²) < 4.78 is 0. The van der Waals surface area contributed by atoms with Crippen LogP contribution in [-0.4, -0.2) is 9.97 Å². The zero-order valence-electron chi connectivity index (χ0n) is 13.7. The first-order valence-corrected chi connectivity index (χ1v) is 8.51. The number of aromatic nitrogens is 2. The van der Waals surface area contributed by atoms with E-state index in [-0.39, 0.29) is 5.41 Å². The minimum Gasteiger partial charge on any atom is -0.375 e. The third-order valence-electron chi connectivity index (χ3n) is 3.81. The molecule has 2 aromatic heterocycles. The first-order valence-electron chi connectivity index (χ1n) is 7.69. The largest absolute Gasteiger partial charge is 0.375 e. The van der Waals surface area contributed by atoms with Crippen molar-refractivity contribution in [2.75, 3.05) is 5.73 Å². The molecule has 1 aromatic carbocycles. The monoisotopic (exact) mass is 323 g/mol. The Morgan fingerprint density at radius 3 is 2.39 bits per heavy atom. The summed E-state index contributed by atoms with van der Waals surface area (Å²) in [5.74, 6) is 0. The van der Waals surface area contributed by atoms with E-state index in [1.807, 2.05) is 18.2 Å². The van der Waals surface area contributed by atoms with Gasteiger partial charge in [-0.15, -0.1) is 11.3 Å². The molecule has 2 heterocycles. The van der Waals surface area contributed by atoms with E-state index in [4.69, 9.17) is 5.73 Å². The highest BCUT2D eigenvalue weighted by molar-refractivity contribution is 7.15. The van der Waals surface area contributed by atoms with Gasteiger partial charge in [-0.1, -0.05) is 51.1 Å². The van der Waals surface area contributed by atoms with Crippen molar-refractivity contribution in [1.29, 1.82) is 0 Å². The van der Waals surface area contributed by atoms with Crippen molar-refractivity contribution < 1.29 is 0 Å². The molecular weight excluding hydrogens is 302 g/mol. The van der Waals surface area contributed by atoms with Crippen LogP contribution in [0.1, 0.15) is 36.8 Å². The SMILES string of the molecule is CC(C)(C)c1ccc(Cc2sc(N)nc2-c2ccccn2)cc1. The number of nitrogens with two attached hydrogens (primary N) is 1. The number of pyridine rings is 1. The Labute approximate surface area is 141 Å². The third-order valence-corrected chi connectivity index (χ3v) is 4.69. The average molecular weight is 323 g/mol. The van der Waals surface area contributed by atoms with Crippen LogP contribution in [-0.2, 0) is 11.8 Å². The van der Waals surface area contributed by atoms with Crippen LogP contribution in [0.4, 0.5) is 5.13 Å². The summed E-state index contributed by atoms with van der Waals surface area (Å²) in [5.41, 5.74) is 10.5. The van der Waals surface area contributed by atoms with Crippen LogP contribution in [0.2, 0.25) is 0 Å². The predicted octanol–water partition coefficient (Wildman–Crippen LogP) is 4.68. The third kappa shape index (κ3) is 3.59. The standard InChI is InChI=1S/C19H21N3S/c1-19(2,3)14-9-7-13(8-10-14)12-16-17(22-18(20)23-16)15-6-4-5-11-21-15/h4-11H,12H2,1-3H3,(H2,20,22). The van der Waals surface area contributed by atoms with Gasteiger partial charge in [-0.2, -0.15) is 0 Å². The van der Waals surface area contributed by atoms with Gasteiger partial charge in [-0.05, 0) is 28.7 Å². The van der Waals surface area contributed by atoms with Crippen LogP contribution in [0.25, 0.3) is 11.4 Å². The Hall–Kier alpha value is -2.20. The van der Waals surface area contributed by atoms with Crippen molar-refractivity contribution in [2.24, 2.45) is 0 Å². The molecule has 4 heteroatoms. The zero-order chi connectivity index (χ0) is 16.4. The molecule has 0 aliphatic carbocycles. The van der Waals surface area contributed by atoms with E-state index >= 15 is 0 Å². The second kappa shape index (κ2) is 6.13. The number of nitrogens with zero attached hydrogens (tertiary/aromatic N) is 2. The second-order valence-corrected chi connectivity index (χ2v) is 7.78. The molecule has 0 aliphatic rings. The molecule has 0 unspecified atom stereocenters. The Morgan fingerprint density at radius 2 is 1.78 bits per heavy atom. The fourth-order valence-electron chi connectivity index (χ4n) is 2.50. The molecule has 0 amide bonds. The predicted molar refractivity (Wildman–Crippen MR) is 97.7 cm³/mol. The fraction of sp³-hybridized carbons (Fsp3) is 0.263. The molecule has 0 aliphatic heterocycles. The quantitative estimate of drug-likeness (QED) is 0.761. The van der Waals surface area contributed by atoms with E-state index in [0.29, 0.717) is 5.13 Å². The van der Waals surface area contributed by atoms with Gasteiger partial charge in [0.2, 0.25) is 0 Å². The molecule has 3 nitrogen and oxygen atoms in total. The van der Waals surface area contributed by atoms with E-state index in [0.717, 1.165) is 22.7 Å². The zero-order valence-corrected chi connectivity index (χ0v) is 14.5. The summed E-state index contributed by atoms with van der Waals surface area (Å²) in [6, 6.07) is 14.7. The molecule has 3 rings (SSSR count). The number of anilines is 1. The van der Waals surface area contributed by atoms with Crippen LogP contribution in [0, 0.1) is 0 Å². The van der Waals surface area contributed by atoms with Crippen molar-refractivity contribution in [1.82, 2.24) is 9.97 Å². The number of hydrogen-bond donors (Lipinski definition) is 1. The van der Waals surface area contributed by atoms with Crippen molar-refractivity contribution in [2.45, 2.75) is 32.6 Å². The topological polar surface area (TPSA) is 51.8 Å². The first-order chi connectivity index (χ1) is 10.9. The van der Waals surface area contributed by atoms with E-state index in [9.17, 15) is 0 Å². The maximum atomic E-state index is 5.93. The fourth-order valence-corrected chi connectivity index (χ4v) is 3.38. The molecule has 0 saturated carbocycles. The van der Waals surface area contributed by atoms with Crippen molar-refractivity contribution >= 4 is 16.5 Å².